The molecule has 5 nitrogen and oxygen atoms in total. The molecule has 5 heteroatoms. The number of rotatable bonds is 6. The number of anilines is 1. The second-order valence-electron chi connectivity index (χ2n) is 5.55. The highest BCUT2D eigenvalue weighted by molar-refractivity contribution is 6.02. The minimum absolute atomic E-state index is 0.203. The van der Waals surface area contributed by atoms with Gasteiger partial charge in [-0.25, -0.2) is 0 Å². The quantitative estimate of drug-likeness (QED) is 0.808. The molecule has 1 N–H and O–H groups in total. The maximum atomic E-state index is 12.2. The average molecular weight is 341 g/mol. The number of carbonyl (C=O) groups is 1. The summed E-state index contributed by atoms with van der Waals surface area (Å²) < 4.78 is 15.9. The molecule has 132 valence electrons. The van der Waals surface area contributed by atoms with Crippen LogP contribution in [0.1, 0.15) is 16.7 Å². The number of ether oxygens (including phenoxy) is 3. The minimum atomic E-state index is -0.203. The first-order valence-electron chi connectivity index (χ1n) is 7.85. The summed E-state index contributed by atoms with van der Waals surface area (Å²) in [5.74, 6) is 1.39. The number of nitrogens with one attached hydrogen (secondary N) is 1. The van der Waals surface area contributed by atoms with Gasteiger partial charge >= 0.3 is 0 Å². The zero-order chi connectivity index (χ0) is 18.4. The van der Waals surface area contributed by atoms with Crippen molar-refractivity contribution in [3.63, 3.8) is 0 Å². The number of para-hydroxylation sites is 1. The summed E-state index contributed by atoms with van der Waals surface area (Å²) in [6, 6.07) is 9.46. The van der Waals surface area contributed by atoms with E-state index >= 15 is 0 Å². The molecule has 0 fully saturated rings. The van der Waals surface area contributed by atoms with Crippen LogP contribution in [0.25, 0.3) is 6.08 Å². The first-order chi connectivity index (χ1) is 12.0. The third kappa shape index (κ3) is 4.32. The Morgan fingerprint density at radius 1 is 0.960 bits per heavy atom. The molecule has 2 rings (SSSR count). The Morgan fingerprint density at radius 3 is 2.00 bits per heavy atom. The van der Waals surface area contributed by atoms with Crippen LogP contribution >= 0.6 is 0 Å². The SMILES string of the molecule is COc1cc(/C=C\C(=O)Nc2c(C)cccc2C)cc(OC)c1OC. The van der Waals surface area contributed by atoms with Crippen LogP contribution in [-0.2, 0) is 4.79 Å². The lowest BCUT2D eigenvalue weighted by Crippen LogP contribution is -2.10. The van der Waals surface area contributed by atoms with E-state index in [1.54, 1.807) is 39.5 Å². The third-order valence-electron chi connectivity index (χ3n) is 3.84. The Hall–Kier alpha value is -2.95. The smallest absolute Gasteiger partial charge is 0.248 e. The van der Waals surface area contributed by atoms with Crippen LogP contribution in [0.4, 0.5) is 5.69 Å². The fraction of sp³-hybridized carbons (Fsp3) is 0.250. The molecule has 0 aliphatic carbocycles. The molecule has 0 aliphatic rings. The van der Waals surface area contributed by atoms with Crippen molar-refractivity contribution in [2.45, 2.75) is 13.8 Å². The first-order valence-corrected chi connectivity index (χ1v) is 7.85. The number of hydrogen-bond donors (Lipinski definition) is 1. The Balaban J connectivity index is 2.22. The molecule has 0 heterocycles. The molecule has 0 radical (unpaired) electrons. The van der Waals surface area contributed by atoms with Crippen LogP contribution in [0.3, 0.4) is 0 Å². The van der Waals surface area contributed by atoms with Crippen molar-refractivity contribution in [1.82, 2.24) is 0 Å². The number of methoxy groups -OCH3 is 3. The predicted molar refractivity (Wildman–Crippen MR) is 99.7 cm³/mol. The van der Waals surface area contributed by atoms with Crippen LogP contribution in [0, 0.1) is 13.8 Å². The second kappa shape index (κ2) is 8.24. The molecule has 0 unspecified atom stereocenters. The van der Waals surface area contributed by atoms with Gasteiger partial charge in [-0.2, -0.15) is 0 Å². The van der Waals surface area contributed by atoms with Crippen LogP contribution in [0.15, 0.2) is 36.4 Å². The van der Waals surface area contributed by atoms with Gasteiger partial charge in [0.1, 0.15) is 0 Å². The minimum Gasteiger partial charge on any atom is -0.493 e. The summed E-state index contributed by atoms with van der Waals surface area (Å²) >= 11 is 0. The molecule has 0 saturated carbocycles. The molecular formula is C20H23NO4. The Labute approximate surface area is 148 Å². The molecule has 0 aromatic heterocycles. The zero-order valence-electron chi connectivity index (χ0n) is 15.2. The van der Waals surface area contributed by atoms with E-state index in [9.17, 15) is 4.79 Å². The van der Waals surface area contributed by atoms with Crippen molar-refractivity contribution in [2.24, 2.45) is 0 Å². The van der Waals surface area contributed by atoms with Crippen LogP contribution < -0.4 is 19.5 Å². The lowest BCUT2D eigenvalue weighted by molar-refractivity contribution is -0.111. The highest BCUT2D eigenvalue weighted by Crippen LogP contribution is 2.38. The van der Waals surface area contributed by atoms with Gasteiger partial charge < -0.3 is 19.5 Å². The zero-order valence-corrected chi connectivity index (χ0v) is 15.2. The van der Waals surface area contributed by atoms with Gasteiger partial charge in [0.15, 0.2) is 11.5 Å². The lowest BCUT2D eigenvalue weighted by atomic mass is 10.1. The maximum Gasteiger partial charge on any atom is 0.248 e. The lowest BCUT2D eigenvalue weighted by Gasteiger charge is -2.13. The van der Waals surface area contributed by atoms with E-state index in [2.05, 4.69) is 5.32 Å². The summed E-state index contributed by atoms with van der Waals surface area (Å²) in [5.41, 5.74) is 3.65. The second-order valence-corrected chi connectivity index (χ2v) is 5.55. The third-order valence-corrected chi connectivity index (χ3v) is 3.84. The Bertz CT molecular complexity index is 751. The van der Waals surface area contributed by atoms with Crippen molar-refractivity contribution in [3.8, 4) is 17.2 Å². The molecule has 2 aromatic carbocycles. The van der Waals surface area contributed by atoms with E-state index in [1.807, 2.05) is 32.0 Å². The van der Waals surface area contributed by atoms with E-state index in [0.717, 1.165) is 22.4 Å². The van der Waals surface area contributed by atoms with Crippen molar-refractivity contribution in [1.29, 1.82) is 0 Å². The molecule has 2 aromatic rings. The molecule has 0 bridgehead atoms. The Kier molecular flexibility index (Phi) is 6.06. The molecule has 0 spiro atoms. The van der Waals surface area contributed by atoms with Crippen molar-refractivity contribution in [2.75, 3.05) is 26.6 Å². The molecule has 25 heavy (non-hydrogen) atoms. The average Bonchev–Trinajstić information content (AvgIpc) is 2.62. The molecule has 0 saturated heterocycles. The first kappa shape index (κ1) is 18.4. The summed E-state index contributed by atoms with van der Waals surface area (Å²) in [7, 11) is 4.66. The number of amides is 1. The van der Waals surface area contributed by atoms with E-state index in [1.165, 1.54) is 6.08 Å². The molecule has 0 atom stereocenters. The van der Waals surface area contributed by atoms with Crippen LogP contribution in [0.5, 0.6) is 17.2 Å². The highest BCUT2D eigenvalue weighted by Gasteiger charge is 2.12. The fourth-order valence-electron chi connectivity index (χ4n) is 2.55. The van der Waals surface area contributed by atoms with Gasteiger partial charge in [-0.15, -0.1) is 0 Å². The maximum absolute atomic E-state index is 12.2. The summed E-state index contributed by atoms with van der Waals surface area (Å²) in [6.45, 7) is 3.93. The molecular weight excluding hydrogens is 318 g/mol. The van der Waals surface area contributed by atoms with Crippen molar-refractivity contribution < 1.29 is 19.0 Å². The van der Waals surface area contributed by atoms with Crippen LogP contribution in [-0.4, -0.2) is 27.2 Å². The van der Waals surface area contributed by atoms with Crippen molar-refractivity contribution >= 4 is 17.7 Å². The molecule has 1 amide bonds. The summed E-state index contributed by atoms with van der Waals surface area (Å²) in [4.78, 5) is 12.2. The van der Waals surface area contributed by atoms with Crippen LogP contribution in [0.2, 0.25) is 0 Å². The van der Waals surface area contributed by atoms with Crippen molar-refractivity contribution in [3.05, 3.63) is 53.1 Å². The number of hydrogen-bond acceptors (Lipinski definition) is 4. The predicted octanol–water partition coefficient (Wildman–Crippen LogP) is 3.98. The number of benzene rings is 2. The normalized spacial score (nSPS) is 10.6. The fourth-order valence-corrected chi connectivity index (χ4v) is 2.55. The highest BCUT2D eigenvalue weighted by atomic mass is 16.5. The van der Waals surface area contributed by atoms with Gasteiger partial charge in [-0.1, -0.05) is 18.2 Å². The van der Waals surface area contributed by atoms with Gasteiger partial charge in [-0.05, 0) is 48.7 Å². The summed E-state index contributed by atoms with van der Waals surface area (Å²) in [6.07, 6.45) is 3.18. The topological polar surface area (TPSA) is 56.8 Å². The van der Waals surface area contributed by atoms with E-state index in [0.29, 0.717) is 17.2 Å². The largest absolute Gasteiger partial charge is 0.493 e. The van der Waals surface area contributed by atoms with E-state index in [4.69, 9.17) is 14.2 Å². The molecule has 0 aliphatic heterocycles. The van der Waals surface area contributed by atoms with E-state index < -0.39 is 0 Å². The summed E-state index contributed by atoms with van der Waals surface area (Å²) in [5, 5.41) is 2.92. The standard InChI is InChI=1S/C20H23NO4/c1-13-7-6-8-14(2)19(13)21-18(22)10-9-15-11-16(23-3)20(25-5)17(12-15)24-4/h6-12H,1-5H3,(H,21,22)/b10-9-. The van der Waals surface area contributed by atoms with Gasteiger partial charge in [0, 0.05) is 11.8 Å². The number of carbonyl (C=O) groups excluding carboxylic acids is 1. The van der Waals surface area contributed by atoms with Gasteiger partial charge in [0.2, 0.25) is 11.7 Å². The Morgan fingerprint density at radius 2 is 1.52 bits per heavy atom. The van der Waals surface area contributed by atoms with E-state index in [-0.39, 0.29) is 5.91 Å². The monoisotopic (exact) mass is 341 g/mol. The number of aryl methyl sites for hydroxylation is 2. The van der Waals surface area contributed by atoms with Gasteiger partial charge in [0.05, 0.1) is 21.3 Å². The van der Waals surface area contributed by atoms with Gasteiger partial charge in [-0.3, -0.25) is 4.79 Å². The van der Waals surface area contributed by atoms with Gasteiger partial charge in [0.25, 0.3) is 0 Å².